The number of alkyl halides is 3. The number of hydrogen-bond donors (Lipinski definition) is 2. The predicted octanol–water partition coefficient (Wildman–Crippen LogP) is 5.13. The average Bonchev–Trinajstić information content (AvgIpc) is 3.26. The molecule has 0 radical (unpaired) electrons. The Morgan fingerprint density at radius 1 is 1.07 bits per heavy atom. The second-order valence-electron chi connectivity index (χ2n) is 12.3. The van der Waals surface area contributed by atoms with Gasteiger partial charge in [-0.15, -0.1) is 0 Å². The van der Waals surface area contributed by atoms with Gasteiger partial charge in [0.25, 0.3) is 0 Å². The van der Waals surface area contributed by atoms with Gasteiger partial charge in [0.1, 0.15) is 12.3 Å². The molecule has 2 N–H and O–H groups in total. The van der Waals surface area contributed by atoms with Crippen molar-refractivity contribution in [1.29, 1.82) is 0 Å². The molecule has 2 aliphatic heterocycles. The first kappa shape index (κ1) is 30.6. The monoisotopic (exact) mass is 630 g/mol. The smallest absolute Gasteiger partial charge is 0.406 e. The van der Waals surface area contributed by atoms with E-state index in [9.17, 15) is 21.6 Å². The van der Waals surface area contributed by atoms with E-state index in [-0.39, 0.29) is 23.2 Å². The van der Waals surface area contributed by atoms with E-state index in [0.29, 0.717) is 33.8 Å². The Kier molecular flexibility index (Phi) is 8.24. The number of sulfone groups is 1. The number of methoxy groups -OCH3 is 1. The molecule has 236 valence electrons. The molecule has 3 aliphatic rings. The van der Waals surface area contributed by atoms with Gasteiger partial charge in [-0.05, 0) is 61.9 Å². The van der Waals surface area contributed by atoms with Crippen LogP contribution in [0, 0.1) is 17.3 Å². The lowest BCUT2D eigenvalue weighted by Gasteiger charge is -2.58. The standard InChI is InChI=1S/C32H37F3N4O4S/c1-42-30-16-25(44(2,40)41)12-13-28(30)36-14-4-5-24-15-26-27(6-3-7-29(26)39(24)19-32(33,34)35)37-22-8-10-23(11-9-22)38-17-31(18-38)20-43-21-31/h3,6-7,12-13,15-16,22-23,36-37H,8-11,14,17-21H2,1-2H3/t22-,23-. The lowest BCUT2D eigenvalue weighted by molar-refractivity contribution is -0.200. The zero-order valence-corrected chi connectivity index (χ0v) is 25.7. The van der Waals surface area contributed by atoms with Crippen LogP contribution in [0.2, 0.25) is 0 Å². The number of aromatic nitrogens is 1. The summed E-state index contributed by atoms with van der Waals surface area (Å²) in [7, 11) is -1.98. The van der Waals surface area contributed by atoms with Gasteiger partial charge in [0, 0.05) is 54.0 Å². The van der Waals surface area contributed by atoms with Crippen LogP contribution in [-0.4, -0.2) is 82.4 Å². The summed E-state index contributed by atoms with van der Waals surface area (Å²) in [5.74, 6) is 6.16. The highest BCUT2D eigenvalue weighted by Gasteiger charge is 2.50. The maximum Gasteiger partial charge on any atom is 0.406 e. The topological polar surface area (TPSA) is 84.8 Å². The Morgan fingerprint density at radius 2 is 1.82 bits per heavy atom. The molecule has 6 rings (SSSR count). The lowest BCUT2D eigenvalue weighted by Crippen LogP contribution is -2.68. The molecule has 0 atom stereocenters. The van der Waals surface area contributed by atoms with Crippen molar-refractivity contribution in [2.75, 3.05) is 56.8 Å². The molecule has 1 aromatic heterocycles. The quantitative estimate of drug-likeness (QED) is 0.334. The van der Waals surface area contributed by atoms with Crippen molar-refractivity contribution in [2.45, 2.75) is 55.4 Å². The maximum absolute atomic E-state index is 13.7. The minimum absolute atomic E-state index is 0.113. The number of halogens is 3. The van der Waals surface area contributed by atoms with Crippen LogP contribution in [0.15, 0.2) is 47.4 Å². The van der Waals surface area contributed by atoms with Crippen LogP contribution in [0.25, 0.3) is 10.9 Å². The van der Waals surface area contributed by atoms with Gasteiger partial charge in [-0.25, -0.2) is 8.42 Å². The minimum atomic E-state index is -4.42. The van der Waals surface area contributed by atoms with Gasteiger partial charge in [0.15, 0.2) is 9.84 Å². The highest BCUT2D eigenvalue weighted by molar-refractivity contribution is 7.90. The molecule has 0 bridgehead atoms. The fourth-order valence-corrected chi connectivity index (χ4v) is 7.27. The molecular formula is C32H37F3N4O4S. The van der Waals surface area contributed by atoms with Gasteiger partial charge < -0.3 is 24.7 Å². The van der Waals surface area contributed by atoms with Crippen LogP contribution >= 0.6 is 0 Å². The molecule has 0 amide bonds. The van der Waals surface area contributed by atoms with Gasteiger partial charge in [0.2, 0.25) is 0 Å². The van der Waals surface area contributed by atoms with Gasteiger partial charge in [-0.2, -0.15) is 13.2 Å². The van der Waals surface area contributed by atoms with Crippen LogP contribution in [0.1, 0.15) is 31.4 Å². The zero-order valence-electron chi connectivity index (χ0n) is 24.8. The summed E-state index contributed by atoms with van der Waals surface area (Å²) in [6, 6.07) is 12.4. The van der Waals surface area contributed by atoms with E-state index in [1.807, 2.05) is 6.07 Å². The summed E-state index contributed by atoms with van der Waals surface area (Å²) >= 11 is 0. The Balaban J connectivity index is 1.16. The van der Waals surface area contributed by atoms with E-state index >= 15 is 0 Å². The molecule has 0 unspecified atom stereocenters. The molecular weight excluding hydrogens is 593 g/mol. The van der Waals surface area contributed by atoms with Crippen molar-refractivity contribution in [3.05, 3.63) is 48.2 Å². The molecule has 12 heteroatoms. The van der Waals surface area contributed by atoms with Gasteiger partial charge >= 0.3 is 6.18 Å². The molecule has 1 saturated carbocycles. The normalized spacial score (nSPS) is 21.7. The van der Waals surface area contributed by atoms with Crippen LogP contribution in [0.4, 0.5) is 24.5 Å². The van der Waals surface area contributed by atoms with Gasteiger partial charge in [0.05, 0.1) is 48.7 Å². The molecule has 8 nitrogen and oxygen atoms in total. The Morgan fingerprint density at radius 3 is 2.45 bits per heavy atom. The van der Waals surface area contributed by atoms with Gasteiger partial charge in [-0.1, -0.05) is 12.0 Å². The first-order valence-corrected chi connectivity index (χ1v) is 16.7. The number of nitrogens with one attached hydrogen (secondary N) is 2. The summed E-state index contributed by atoms with van der Waals surface area (Å²) < 4.78 is 76.6. The lowest BCUT2D eigenvalue weighted by atomic mass is 9.75. The molecule has 3 aromatic rings. The van der Waals surface area contributed by atoms with Crippen molar-refractivity contribution in [2.24, 2.45) is 5.41 Å². The van der Waals surface area contributed by atoms with Crippen LogP contribution in [-0.2, 0) is 21.1 Å². The Labute approximate surface area is 255 Å². The van der Waals surface area contributed by atoms with Crippen LogP contribution in [0.3, 0.4) is 0 Å². The van der Waals surface area contributed by atoms with Crippen molar-refractivity contribution < 1.29 is 31.1 Å². The number of fused-ring (bicyclic) bond motifs is 1. The third kappa shape index (κ3) is 6.50. The number of hydrogen-bond acceptors (Lipinski definition) is 7. The highest BCUT2D eigenvalue weighted by Crippen LogP contribution is 2.41. The summed E-state index contributed by atoms with van der Waals surface area (Å²) in [6.07, 6.45) is 0.920. The highest BCUT2D eigenvalue weighted by atomic mass is 32.2. The predicted molar refractivity (Wildman–Crippen MR) is 164 cm³/mol. The molecule has 44 heavy (non-hydrogen) atoms. The van der Waals surface area contributed by atoms with Crippen molar-refractivity contribution in [3.63, 3.8) is 0 Å². The maximum atomic E-state index is 13.7. The molecule has 2 aromatic carbocycles. The second kappa shape index (κ2) is 11.8. The van der Waals surface area contributed by atoms with E-state index in [0.717, 1.165) is 63.9 Å². The summed E-state index contributed by atoms with van der Waals surface area (Å²) in [4.78, 5) is 2.70. The summed E-state index contributed by atoms with van der Waals surface area (Å²) in [6.45, 7) is 3.00. The second-order valence-corrected chi connectivity index (χ2v) is 14.3. The van der Waals surface area contributed by atoms with Gasteiger partial charge in [-0.3, -0.25) is 4.90 Å². The average molecular weight is 631 g/mol. The van der Waals surface area contributed by atoms with E-state index in [4.69, 9.17) is 9.47 Å². The zero-order chi connectivity index (χ0) is 31.1. The third-order valence-corrected chi connectivity index (χ3v) is 10.0. The SMILES string of the molecule is COc1cc(S(C)(=O)=O)ccc1NCC#Cc1cc2c(N[C@H]3CC[C@H](N4CC5(COC5)C4)CC3)cccc2n1CC(F)(F)F. The molecule has 3 heterocycles. The van der Waals surface area contributed by atoms with Crippen molar-refractivity contribution in [3.8, 4) is 17.6 Å². The van der Waals surface area contributed by atoms with Crippen molar-refractivity contribution >= 4 is 32.1 Å². The number of nitrogens with zero attached hydrogens (tertiary/aromatic N) is 2. The number of anilines is 2. The Bertz CT molecular complexity index is 1690. The van der Waals surface area contributed by atoms with E-state index < -0.39 is 22.6 Å². The number of likely N-dealkylation sites (tertiary alicyclic amines) is 1. The first-order chi connectivity index (χ1) is 20.9. The van der Waals surface area contributed by atoms with E-state index in [1.54, 1.807) is 24.3 Å². The van der Waals surface area contributed by atoms with E-state index in [1.165, 1.54) is 23.8 Å². The fourth-order valence-electron chi connectivity index (χ4n) is 6.64. The number of ether oxygens (including phenoxy) is 2. The number of rotatable bonds is 8. The summed E-state index contributed by atoms with van der Waals surface area (Å²) in [5, 5.41) is 7.40. The Hall–Kier alpha value is -3.40. The third-order valence-electron chi connectivity index (χ3n) is 8.93. The first-order valence-electron chi connectivity index (χ1n) is 14.8. The number of benzene rings is 2. The molecule has 3 fully saturated rings. The van der Waals surface area contributed by atoms with E-state index in [2.05, 4.69) is 27.4 Å². The minimum Gasteiger partial charge on any atom is -0.495 e. The van der Waals surface area contributed by atoms with Crippen LogP contribution < -0.4 is 15.4 Å². The summed E-state index contributed by atoms with van der Waals surface area (Å²) in [5.41, 5.74) is 2.49. The van der Waals surface area contributed by atoms with Crippen LogP contribution in [0.5, 0.6) is 5.75 Å². The molecule has 1 spiro atoms. The van der Waals surface area contributed by atoms with Crippen molar-refractivity contribution in [1.82, 2.24) is 9.47 Å². The fraction of sp³-hybridized carbons (Fsp3) is 0.500. The largest absolute Gasteiger partial charge is 0.495 e. The molecule has 1 aliphatic carbocycles. The molecule has 2 saturated heterocycles.